The van der Waals surface area contributed by atoms with Gasteiger partial charge in [0.05, 0.1) is 12.6 Å². The zero-order valence-corrected chi connectivity index (χ0v) is 18.9. The molecule has 0 saturated carbocycles. The summed E-state index contributed by atoms with van der Waals surface area (Å²) in [5, 5.41) is 0. The number of esters is 1. The lowest BCUT2D eigenvalue weighted by Crippen LogP contribution is -2.54. The molecule has 2 fully saturated rings. The number of hydrogen-bond donors (Lipinski definition) is 0. The van der Waals surface area contributed by atoms with Gasteiger partial charge in [-0.25, -0.2) is 14.4 Å². The fourth-order valence-electron chi connectivity index (χ4n) is 3.72. The Labute approximate surface area is 183 Å². The van der Waals surface area contributed by atoms with Gasteiger partial charge >= 0.3 is 18.1 Å². The molecule has 0 unspecified atom stereocenters. The molecular weight excluding hydrogens is 398 g/mol. The van der Waals surface area contributed by atoms with Crippen molar-refractivity contribution in [2.24, 2.45) is 0 Å². The summed E-state index contributed by atoms with van der Waals surface area (Å²) in [5.74, 6) is -0.340. The van der Waals surface area contributed by atoms with Crippen molar-refractivity contribution in [1.82, 2.24) is 9.80 Å². The van der Waals surface area contributed by atoms with Gasteiger partial charge in [-0.3, -0.25) is 4.90 Å². The van der Waals surface area contributed by atoms with Gasteiger partial charge in [0.25, 0.3) is 0 Å². The van der Waals surface area contributed by atoms with E-state index in [0.29, 0.717) is 38.4 Å². The largest absolute Gasteiger partial charge is 0.463 e. The number of anilines is 1. The molecule has 168 valence electrons. The van der Waals surface area contributed by atoms with Gasteiger partial charge in [0, 0.05) is 37.4 Å². The van der Waals surface area contributed by atoms with E-state index in [1.807, 2.05) is 49.9 Å². The molecule has 1 aromatic carbocycles. The molecule has 0 aliphatic carbocycles. The minimum Gasteiger partial charge on any atom is -0.463 e. The monoisotopic (exact) mass is 429 g/mol. The molecule has 0 spiro atoms. The predicted molar refractivity (Wildman–Crippen MR) is 118 cm³/mol. The molecule has 3 rings (SSSR count). The van der Waals surface area contributed by atoms with Crippen LogP contribution in [0.25, 0.3) is 6.08 Å². The topological polar surface area (TPSA) is 79.4 Å². The summed E-state index contributed by atoms with van der Waals surface area (Å²) in [7, 11) is 0. The Hall–Kier alpha value is -3.03. The van der Waals surface area contributed by atoms with E-state index in [1.165, 1.54) is 0 Å². The minimum atomic E-state index is -0.548. The van der Waals surface area contributed by atoms with Gasteiger partial charge in [-0.05, 0) is 58.4 Å². The first-order valence-corrected chi connectivity index (χ1v) is 10.6. The lowest BCUT2D eigenvalue weighted by molar-refractivity contribution is -0.138. The van der Waals surface area contributed by atoms with Crippen LogP contribution in [0.1, 0.15) is 40.2 Å². The van der Waals surface area contributed by atoms with Gasteiger partial charge in [0.15, 0.2) is 0 Å². The van der Waals surface area contributed by atoms with E-state index in [4.69, 9.17) is 9.47 Å². The molecule has 0 N–H and O–H groups in total. The molecule has 0 radical (unpaired) electrons. The Morgan fingerprint density at radius 1 is 1.13 bits per heavy atom. The summed E-state index contributed by atoms with van der Waals surface area (Å²) in [5.41, 5.74) is 1.61. The fraction of sp³-hybridized carbons (Fsp3) is 0.522. The van der Waals surface area contributed by atoms with Crippen molar-refractivity contribution in [3.63, 3.8) is 0 Å². The molecule has 2 aliphatic rings. The number of amides is 3. The second kappa shape index (κ2) is 8.99. The van der Waals surface area contributed by atoms with Crippen LogP contribution < -0.4 is 4.90 Å². The highest BCUT2D eigenvalue weighted by Gasteiger charge is 2.42. The third kappa shape index (κ3) is 5.37. The summed E-state index contributed by atoms with van der Waals surface area (Å²) >= 11 is 0. The van der Waals surface area contributed by atoms with Crippen LogP contribution in [0.3, 0.4) is 0 Å². The van der Waals surface area contributed by atoms with Crippen LogP contribution in [0.2, 0.25) is 0 Å². The van der Waals surface area contributed by atoms with Crippen LogP contribution in [0.5, 0.6) is 0 Å². The average molecular weight is 430 g/mol. The Balaban J connectivity index is 1.66. The summed E-state index contributed by atoms with van der Waals surface area (Å²) in [6.07, 6.45) is 1.42. The summed E-state index contributed by atoms with van der Waals surface area (Å²) in [6, 6.07) is 7.35. The molecule has 2 saturated heterocycles. The standard InChI is InChI=1S/C23H31N3O5/c1-6-30-20(27)16(2)13-17-7-9-18(10-8-17)26-15-19-14-24(11-12-25(19)21(26)28)22(29)31-23(3,4)5/h7-10,13,19H,6,11-12,14-15H2,1-5H3/t19-/m0/s1. The van der Waals surface area contributed by atoms with Crippen LogP contribution in [0, 0.1) is 0 Å². The fourth-order valence-corrected chi connectivity index (χ4v) is 3.72. The summed E-state index contributed by atoms with van der Waals surface area (Å²) in [4.78, 5) is 42.3. The number of carbonyl (C=O) groups excluding carboxylic acids is 3. The molecule has 1 aromatic rings. The highest BCUT2D eigenvalue weighted by molar-refractivity contribution is 5.95. The molecule has 1 atom stereocenters. The Morgan fingerprint density at radius 3 is 2.42 bits per heavy atom. The zero-order valence-electron chi connectivity index (χ0n) is 18.9. The van der Waals surface area contributed by atoms with Crippen LogP contribution in [0.4, 0.5) is 15.3 Å². The number of hydrogen-bond acceptors (Lipinski definition) is 5. The lowest BCUT2D eigenvalue weighted by atomic mass is 10.1. The van der Waals surface area contributed by atoms with Gasteiger partial charge in [0.1, 0.15) is 5.60 Å². The van der Waals surface area contributed by atoms with Crippen molar-refractivity contribution in [1.29, 1.82) is 0 Å². The number of piperazine rings is 1. The smallest absolute Gasteiger partial charge is 0.410 e. The van der Waals surface area contributed by atoms with Gasteiger partial charge < -0.3 is 19.3 Å². The molecule has 31 heavy (non-hydrogen) atoms. The molecule has 0 aromatic heterocycles. The van der Waals surface area contributed by atoms with E-state index in [0.717, 1.165) is 11.3 Å². The Morgan fingerprint density at radius 2 is 1.81 bits per heavy atom. The van der Waals surface area contributed by atoms with E-state index in [-0.39, 0.29) is 24.1 Å². The van der Waals surface area contributed by atoms with Crippen LogP contribution in [-0.2, 0) is 14.3 Å². The number of urea groups is 1. The van der Waals surface area contributed by atoms with E-state index in [1.54, 1.807) is 29.7 Å². The van der Waals surface area contributed by atoms with Crippen molar-refractivity contribution in [2.45, 2.75) is 46.3 Å². The first-order chi connectivity index (χ1) is 14.6. The summed E-state index contributed by atoms with van der Waals surface area (Å²) < 4.78 is 10.5. The minimum absolute atomic E-state index is 0.0557. The average Bonchev–Trinajstić information content (AvgIpc) is 3.03. The zero-order chi connectivity index (χ0) is 22.8. The SMILES string of the molecule is CCOC(=O)C(C)=Cc1ccc(N2C[C@@H]3CN(C(=O)OC(C)(C)C)CCN3C2=O)cc1. The van der Waals surface area contributed by atoms with Crippen LogP contribution in [-0.4, -0.2) is 72.3 Å². The highest BCUT2D eigenvalue weighted by Crippen LogP contribution is 2.27. The van der Waals surface area contributed by atoms with E-state index < -0.39 is 5.60 Å². The van der Waals surface area contributed by atoms with Crippen molar-refractivity contribution in [3.8, 4) is 0 Å². The maximum absolute atomic E-state index is 12.9. The number of ether oxygens (including phenoxy) is 2. The Kier molecular flexibility index (Phi) is 6.57. The number of carbonyl (C=O) groups is 3. The molecule has 2 heterocycles. The van der Waals surface area contributed by atoms with Crippen molar-refractivity contribution >= 4 is 29.9 Å². The highest BCUT2D eigenvalue weighted by atomic mass is 16.6. The molecule has 8 heteroatoms. The van der Waals surface area contributed by atoms with Crippen molar-refractivity contribution < 1.29 is 23.9 Å². The third-order valence-corrected chi connectivity index (χ3v) is 5.19. The number of nitrogens with zero attached hydrogens (tertiary/aromatic N) is 3. The van der Waals surface area contributed by atoms with Gasteiger partial charge in [-0.2, -0.15) is 0 Å². The van der Waals surface area contributed by atoms with E-state index in [2.05, 4.69) is 0 Å². The third-order valence-electron chi connectivity index (χ3n) is 5.19. The van der Waals surface area contributed by atoms with Gasteiger partial charge in [-0.15, -0.1) is 0 Å². The Bertz CT molecular complexity index is 872. The summed E-state index contributed by atoms with van der Waals surface area (Å²) in [6.45, 7) is 11.3. The maximum Gasteiger partial charge on any atom is 0.410 e. The predicted octanol–water partition coefficient (Wildman–Crippen LogP) is 3.51. The molecule has 3 amide bonds. The van der Waals surface area contributed by atoms with Gasteiger partial charge in [0.2, 0.25) is 0 Å². The first kappa shape index (κ1) is 22.7. The molecule has 8 nitrogen and oxygen atoms in total. The molecular formula is C23H31N3O5. The van der Waals surface area contributed by atoms with Crippen LogP contribution in [0.15, 0.2) is 29.8 Å². The number of benzene rings is 1. The molecule has 0 bridgehead atoms. The van der Waals surface area contributed by atoms with Crippen LogP contribution >= 0.6 is 0 Å². The maximum atomic E-state index is 12.9. The van der Waals surface area contributed by atoms with Gasteiger partial charge in [-0.1, -0.05) is 12.1 Å². The number of fused-ring (bicyclic) bond motifs is 1. The molecule has 2 aliphatic heterocycles. The second-order valence-corrected chi connectivity index (χ2v) is 8.81. The lowest BCUT2D eigenvalue weighted by Gasteiger charge is -2.36. The second-order valence-electron chi connectivity index (χ2n) is 8.81. The van der Waals surface area contributed by atoms with E-state index >= 15 is 0 Å². The first-order valence-electron chi connectivity index (χ1n) is 10.6. The van der Waals surface area contributed by atoms with Crippen molar-refractivity contribution in [2.75, 3.05) is 37.7 Å². The quantitative estimate of drug-likeness (QED) is 0.541. The number of rotatable bonds is 4. The van der Waals surface area contributed by atoms with Crippen molar-refractivity contribution in [3.05, 3.63) is 35.4 Å². The normalized spacial score (nSPS) is 19.4. The van der Waals surface area contributed by atoms with E-state index in [9.17, 15) is 14.4 Å².